The Balaban J connectivity index is 2.70. The Morgan fingerprint density at radius 1 is 1.33 bits per heavy atom. The van der Waals surface area contributed by atoms with Gasteiger partial charge in [-0.05, 0) is 25.1 Å². The van der Waals surface area contributed by atoms with Crippen molar-refractivity contribution in [2.75, 3.05) is 0 Å². The van der Waals surface area contributed by atoms with E-state index in [-0.39, 0.29) is 16.8 Å². The number of hydrogen-bond donors (Lipinski definition) is 1. The lowest BCUT2D eigenvalue weighted by molar-refractivity contribution is 0.0697. The van der Waals surface area contributed by atoms with Gasteiger partial charge in [0.25, 0.3) is 0 Å². The molecule has 0 fully saturated rings. The first kappa shape index (κ1) is 12.2. The maximum absolute atomic E-state index is 13.2. The van der Waals surface area contributed by atoms with Gasteiger partial charge in [0, 0.05) is 12.6 Å². The van der Waals surface area contributed by atoms with Gasteiger partial charge in [-0.3, -0.25) is 4.68 Å². The highest BCUT2D eigenvalue weighted by Gasteiger charge is 2.21. The summed E-state index contributed by atoms with van der Waals surface area (Å²) >= 11 is 0. The number of aromatic carboxylic acids is 1. The van der Waals surface area contributed by atoms with Crippen molar-refractivity contribution in [1.82, 2.24) is 9.78 Å². The zero-order valence-corrected chi connectivity index (χ0v) is 9.74. The van der Waals surface area contributed by atoms with Crippen LogP contribution in [0, 0.1) is 18.6 Å². The van der Waals surface area contributed by atoms with Crippen molar-refractivity contribution in [3.63, 3.8) is 0 Å². The van der Waals surface area contributed by atoms with Crippen LogP contribution in [-0.2, 0) is 7.05 Å². The van der Waals surface area contributed by atoms with Crippen LogP contribution in [0.1, 0.15) is 16.1 Å². The molecule has 0 aliphatic heterocycles. The minimum Gasteiger partial charge on any atom is -0.478 e. The van der Waals surface area contributed by atoms with E-state index in [4.69, 9.17) is 5.11 Å². The Morgan fingerprint density at radius 2 is 2.00 bits per heavy atom. The van der Waals surface area contributed by atoms with Gasteiger partial charge in [-0.1, -0.05) is 0 Å². The van der Waals surface area contributed by atoms with Crippen molar-refractivity contribution in [2.45, 2.75) is 6.92 Å². The first-order chi connectivity index (χ1) is 8.41. The van der Waals surface area contributed by atoms with Crippen molar-refractivity contribution in [1.29, 1.82) is 0 Å². The number of rotatable bonds is 2. The number of halogens is 2. The van der Waals surface area contributed by atoms with Gasteiger partial charge < -0.3 is 5.11 Å². The van der Waals surface area contributed by atoms with E-state index in [1.807, 2.05) is 0 Å². The third kappa shape index (κ3) is 1.85. The van der Waals surface area contributed by atoms with E-state index in [0.29, 0.717) is 5.69 Å². The molecule has 1 heterocycles. The Bertz CT molecular complexity index is 635. The van der Waals surface area contributed by atoms with Gasteiger partial charge in [0.15, 0.2) is 11.6 Å². The molecule has 0 saturated heterocycles. The molecular formula is C12H10F2N2O2. The van der Waals surface area contributed by atoms with E-state index in [2.05, 4.69) is 5.10 Å². The number of aromatic nitrogens is 2. The van der Waals surface area contributed by atoms with Crippen LogP contribution in [-0.4, -0.2) is 20.9 Å². The molecule has 0 atom stereocenters. The number of hydrogen-bond acceptors (Lipinski definition) is 2. The Kier molecular flexibility index (Phi) is 2.86. The smallest absolute Gasteiger partial charge is 0.339 e. The monoisotopic (exact) mass is 252 g/mol. The molecule has 0 unspecified atom stereocenters. The number of aryl methyl sites for hydroxylation is 2. The standard InChI is InChI=1S/C12H10F2N2O2/c1-6-10(12(17)18)11(16(2)15-6)7-3-4-8(13)9(14)5-7/h3-5H,1-2H3,(H,17,18). The summed E-state index contributed by atoms with van der Waals surface area (Å²) in [6.45, 7) is 1.55. The van der Waals surface area contributed by atoms with E-state index in [1.165, 1.54) is 10.7 Å². The van der Waals surface area contributed by atoms with Crippen molar-refractivity contribution < 1.29 is 18.7 Å². The molecule has 1 aromatic carbocycles. The predicted molar refractivity (Wildman–Crippen MR) is 60.3 cm³/mol. The lowest BCUT2D eigenvalue weighted by atomic mass is 10.1. The molecule has 18 heavy (non-hydrogen) atoms. The summed E-state index contributed by atoms with van der Waals surface area (Å²) in [5, 5.41) is 13.1. The van der Waals surface area contributed by atoms with Crippen LogP contribution in [0.5, 0.6) is 0 Å². The fourth-order valence-corrected chi connectivity index (χ4v) is 1.89. The average molecular weight is 252 g/mol. The highest BCUT2D eigenvalue weighted by molar-refractivity contribution is 5.96. The predicted octanol–water partition coefficient (Wildman–Crippen LogP) is 2.37. The lowest BCUT2D eigenvalue weighted by Crippen LogP contribution is -2.02. The molecule has 94 valence electrons. The molecule has 1 aromatic heterocycles. The second-order valence-electron chi connectivity index (χ2n) is 3.87. The van der Waals surface area contributed by atoms with Crippen molar-refractivity contribution in [3.05, 3.63) is 41.1 Å². The molecule has 2 rings (SSSR count). The normalized spacial score (nSPS) is 10.7. The van der Waals surface area contributed by atoms with Gasteiger partial charge in [-0.15, -0.1) is 0 Å². The first-order valence-corrected chi connectivity index (χ1v) is 5.14. The lowest BCUT2D eigenvalue weighted by Gasteiger charge is -2.04. The van der Waals surface area contributed by atoms with Crippen LogP contribution in [0.25, 0.3) is 11.3 Å². The van der Waals surface area contributed by atoms with Crippen LogP contribution < -0.4 is 0 Å². The van der Waals surface area contributed by atoms with Gasteiger partial charge in [-0.25, -0.2) is 13.6 Å². The van der Waals surface area contributed by atoms with E-state index >= 15 is 0 Å². The summed E-state index contributed by atoms with van der Waals surface area (Å²) in [4.78, 5) is 11.2. The Morgan fingerprint density at radius 3 is 2.56 bits per heavy atom. The first-order valence-electron chi connectivity index (χ1n) is 5.14. The third-order valence-electron chi connectivity index (χ3n) is 2.63. The molecule has 2 aromatic rings. The largest absolute Gasteiger partial charge is 0.478 e. The zero-order chi connectivity index (χ0) is 13.4. The average Bonchev–Trinajstić information content (AvgIpc) is 2.57. The number of carboxylic acid groups (broad SMARTS) is 1. The van der Waals surface area contributed by atoms with Crippen LogP contribution in [0.4, 0.5) is 8.78 Å². The maximum Gasteiger partial charge on any atom is 0.339 e. The molecule has 0 radical (unpaired) electrons. The van der Waals surface area contributed by atoms with E-state index in [9.17, 15) is 13.6 Å². The summed E-state index contributed by atoms with van der Waals surface area (Å²) in [5.41, 5.74) is 0.835. The molecule has 6 heteroatoms. The molecular weight excluding hydrogens is 242 g/mol. The van der Waals surface area contributed by atoms with Gasteiger partial charge in [-0.2, -0.15) is 5.10 Å². The minimum atomic E-state index is -1.15. The summed E-state index contributed by atoms with van der Waals surface area (Å²) in [6, 6.07) is 3.23. The second kappa shape index (κ2) is 4.21. The number of benzene rings is 1. The maximum atomic E-state index is 13.2. The van der Waals surface area contributed by atoms with Gasteiger partial charge in [0.1, 0.15) is 5.56 Å². The second-order valence-corrected chi connectivity index (χ2v) is 3.87. The molecule has 0 amide bonds. The molecule has 0 spiro atoms. The van der Waals surface area contributed by atoms with E-state index in [0.717, 1.165) is 12.1 Å². The van der Waals surface area contributed by atoms with Crippen LogP contribution in [0.15, 0.2) is 18.2 Å². The third-order valence-corrected chi connectivity index (χ3v) is 2.63. The van der Waals surface area contributed by atoms with Crippen LogP contribution in [0.2, 0.25) is 0 Å². The summed E-state index contributed by atoms with van der Waals surface area (Å²) in [5.74, 6) is -3.16. The van der Waals surface area contributed by atoms with E-state index in [1.54, 1.807) is 14.0 Å². The quantitative estimate of drug-likeness (QED) is 0.892. The zero-order valence-electron chi connectivity index (χ0n) is 9.74. The molecule has 0 aliphatic carbocycles. The molecule has 0 bridgehead atoms. The van der Waals surface area contributed by atoms with Gasteiger partial charge in [0.05, 0.1) is 11.4 Å². The summed E-state index contributed by atoms with van der Waals surface area (Å²) in [7, 11) is 1.55. The van der Waals surface area contributed by atoms with Crippen molar-refractivity contribution in [2.24, 2.45) is 7.05 Å². The summed E-state index contributed by atoms with van der Waals surface area (Å²) < 4.78 is 27.4. The van der Waals surface area contributed by atoms with Gasteiger partial charge in [0.2, 0.25) is 0 Å². The SMILES string of the molecule is Cc1nn(C)c(-c2ccc(F)c(F)c2)c1C(=O)O. The van der Waals surface area contributed by atoms with E-state index < -0.39 is 17.6 Å². The molecule has 0 aliphatic rings. The van der Waals surface area contributed by atoms with Crippen molar-refractivity contribution >= 4 is 5.97 Å². The number of nitrogens with zero attached hydrogens (tertiary/aromatic N) is 2. The van der Waals surface area contributed by atoms with Gasteiger partial charge >= 0.3 is 5.97 Å². The fourth-order valence-electron chi connectivity index (χ4n) is 1.89. The summed E-state index contributed by atoms with van der Waals surface area (Å²) in [6.07, 6.45) is 0. The van der Waals surface area contributed by atoms with Crippen LogP contribution in [0.3, 0.4) is 0 Å². The molecule has 0 saturated carbocycles. The fraction of sp³-hybridized carbons (Fsp3) is 0.167. The Labute approximate surface area is 101 Å². The Hall–Kier alpha value is -2.24. The van der Waals surface area contributed by atoms with Crippen LogP contribution >= 0.6 is 0 Å². The minimum absolute atomic E-state index is 0.0106. The van der Waals surface area contributed by atoms with Crippen molar-refractivity contribution in [3.8, 4) is 11.3 Å². The highest BCUT2D eigenvalue weighted by atomic mass is 19.2. The topological polar surface area (TPSA) is 55.1 Å². The molecule has 4 nitrogen and oxygen atoms in total. The number of carbonyl (C=O) groups is 1. The molecule has 1 N–H and O–H groups in total. The highest BCUT2D eigenvalue weighted by Crippen LogP contribution is 2.26. The number of carboxylic acids is 1.